The molecule has 8 nitrogen and oxygen atoms in total. The van der Waals surface area contributed by atoms with Crippen molar-refractivity contribution in [3.8, 4) is 23.0 Å². The maximum Gasteiger partial charge on any atom is 0.233 e. The lowest BCUT2D eigenvalue weighted by atomic mass is 9.72. The number of benzene rings is 2. The van der Waals surface area contributed by atoms with Crippen molar-refractivity contribution in [3.63, 3.8) is 0 Å². The number of hydrogen-bond donors (Lipinski definition) is 2. The Balaban J connectivity index is 1.60. The summed E-state index contributed by atoms with van der Waals surface area (Å²) in [6, 6.07) is 11.0. The minimum Gasteiger partial charge on any atom is -0.504 e. The third kappa shape index (κ3) is 3.88. The second kappa shape index (κ2) is 9.02. The molecule has 0 amide bonds. The number of nitrogens with zero attached hydrogens (tertiary/aromatic N) is 1. The molecule has 2 heterocycles. The fourth-order valence-corrected chi connectivity index (χ4v) is 5.13. The van der Waals surface area contributed by atoms with E-state index >= 15 is 0 Å². The van der Waals surface area contributed by atoms with Crippen molar-refractivity contribution < 1.29 is 28.6 Å². The van der Waals surface area contributed by atoms with Crippen LogP contribution in [0.5, 0.6) is 23.0 Å². The summed E-state index contributed by atoms with van der Waals surface area (Å²) in [7, 11) is 3.12. The topological polar surface area (TPSA) is 103 Å². The van der Waals surface area contributed by atoms with E-state index in [2.05, 4.69) is 10.5 Å². The molecule has 1 aromatic heterocycles. The van der Waals surface area contributed by atoms with Crippen LogP contribution in [0.2, 0.25) is 0 Å². The number of phenolic OH excluding ortho intramolecular Hbond substituents is 1. The number of carbonyl (C=O) groups excluding carboxylic acids is 1. The van der Waals surface area contributed by atoms with Crippen LogP contribution < -0.4 is 19.5 Å². The Morgan fingerprint density at radius 2 is 1.80 bits per heavy atom. The molecule has 2 aliphatic rings. The Labute approximate surface area is 203 Å². The number of nitrogens with one attached hydrogen (secondary N) is 1. The molecule has 0 saturated carbocycles. The predicted molar refractivity (Wildman–Crippen MR) is 130 cm³/mol. The number of allylic oxidation sites excluding steroid dienone is 2. The second-order valence-corrected chi connectivity index (χ2v) is 8.76. The lowest BCUT2D eigenvalue weighted by Gasteiger charge is -2.34. The van der Waals surface area contributed by atoms with Crippen LogP contribution in [0.1, 0.15) is 54.0 Å². The number of carbonyl (C=O) groups is 1. The third-order valence-electron chi connectivity index (χ3n) is 6.75. The van der Waals surface area contributed by atoms with E-state index in [1.807, 2.05) is 38.1 Å². The highest BCUT2D eigenvalue weighted by Crippen LogP contribution is 2.50. The van der Waals surface area contributed by atoms with Crippen molar-refractivity contribution in [3.05, 3.63) is 70.1 Å². The van der Waals surface area contributed by atoms with Crippen LogP contribution in [-0.4, -0.2) is 36.9 Å². The molecule has 0 radical (unpaired) electrons. The van der Waals surface area contributed by atoms with E-state index in [0.29, 0.717) is 42.6 Å². The first kappa shape index (κ1) is 22.8. The van der Waals surface area contributed by atoms with Gasteiger partial charge in [-0.05, 0) is 61.6 Å². The number of Topliss-reactive ketones (excluding diaryl/α,β-unsaturated/α-hetero) is 1. The summed E-state index contributed by atoms with van der Waals surface area (Å²) in [6.07, 6.45) is 0.957. The van der Waals surface area contributed by atoms with Crippen LogP contribution >= 0.6 is 0 Å². The monoisotopic (exact) mass is 476 g/mol. The molecule has 35 heavy (non-hydrogen) atoms. The zero-order chi connectivity index (χ0) is 24.7. The van der Waals surface area contributed by atoms with Crippen molar-refractivity contribution in [2.45, 2.75) is 38.5 Å². The van der Waals surface area contributed by atoms with Gasteiger partial charge in [0.1, 0.15) is 0 Å². The number of ether oxygens (including phenoxy) is 3. The first-order valence-electron chi connectivity index (χ1n) is 11.6. The third-order valence-corrected chi connectivity index (χ3v) is 6.75. The average Bonchev–Trinajstić information content (AvgIpc) is 3.23. The number of phenols is 1. The molecule has 2 unspecified atom stereocenters. The number of aromatic nitrogens is 1. The van der Waals surface area contributed by atoms with E-state index in [0.717, 1.165) is 33.7 Å². The number of fused-ring (bicyclic) bond motifs is 1. The Hall–Kier alpha value is -3.94. The van der Waals surface area contributed by atoms with Gasteiger partial charge >= 0.3 is 0 Å². The van der Waals surface area contributed by atoms with Crippen LogP contribution in [0, 0.1) is 6.92 Å². The fourth-order valence-electron chi connectivity index (χ4n) is 5.13. The van der Waals surface area contributed by atoms with E-state index in [1.54, 1.807) is 19.2 Å². The summed E-state index contributed by atoms with van der Waals surface area (Å²) < 4.78 is 22.2. The molecule has 2 aromatic carbocycles. The molecule has 0 bridgehead atoms. The van der Waals surface area contributed by atoms with Crippen LogP contribution in [0.15, 0.2) is 52.2 Å². The van der Waals surface area contributed by atoms with E-state index in [-0.39, 0.29) is 23.4 Å². The van der Waals surface area contributed by atoms with Gasteiger partial charge in [-0.3, -0.25) is 4.79 Å². The van der Waals surface area contributed by atoms with Gasteiger partial charge in [0.2, 0.25) is 5.88 Å². The number of aromatic hydroxyl groups is 1. The number of rotatable bonds is 6. The molecule has 3 aromatic rings. The van der Waals surface area contributed by atoms with Crippen molar-refractivity contribution in [1.29, 1.82) is 0 Å². The minimum absolute atomic E-state index is 0.0563. The smallest absolute Gasteiger partial charge is 0.233 e. The Morgan fingerprint density at radius 3 is 2.54 bits per heavy atom. The minimum atomic E-state index is -0.333. The van der Waals surface area contributed by atoms with Gasteiger partial charge < -0.3 is 29.2 Å². The molecule has 0 fully saturated rings. The summed E-state index contributed by atoms with van der Waals surface area (Å²) >= 11 is 0. The van der Waals surface area contributed by atoms with Crippen molar-refractivity contribution in [2.24, 2.45) is 0 Å². The number of methoxy groups -OCH3 is 2. The van der Waals surface area contributed by atoms with E-state index in [9.17, 15) is 9.90 Å². The molecule has 182 valence electrons. The molecule has 2 N–H and O–H groups in total. The first-order chi connectivity index (χ1) is 16.9. The molecule has 5 rings (SSSR count). The highest BCUT2D eigenvalue weighted by atomic mass is 16.5. The molecule has 0 spiro atoms. The normalized spacial score (nSPS) is 19.0. The van der Waals surface area contributed by atoms with Crippen molar-refractivity contribution in [2.75, 3.05) is 26.1 Å². The largest absolute Gasteiger partial charge is 0.504 e. The SMILES string of the molecule is CCOc1cc(C2C3=C(CC(c4ccc(O)c(OC)c4)CC3=O)Nc3onc(C)c32)ccc1OC. The number of aryl methyl sites for hydroxylation is 1. The second-order valence-electron chi connectivity index (χ2n) is 8.76. The Morgan fingerprint density at radius 1 is 1.06 bits per heavy atom. The lowest BCUT2D eigenvalue weighted by molar-refractivity contribution is -0.116. The van der Waals surface area contributed by atoms with Gasteiger partial charge in [-0.25, -0.2) is 0 Å². The first-order valence-corrected chi connectivity index (χ1v) is 11.6. The Kier molecular flexibility index (Phi) is 5.88. The molecular formula is C27H28N2O6. The lowest BCUT2D eigenvalue weighted by Crippen LogP contribution is -2.29. The quantitative estimate of drug-likeness (QED) is 0.509. The van der Waals surface area contributed by atoms with Gasteiger partial charge in [0, 0.05) is 23.6 Å². The zero-order valence-corrected chi connectivity index (χ0v) is 20.2. The maximum atomic E-state index is 13.7. The number of ketones is 1. The van der Waals surface area contributed by atoms with Crippen LogP contribution in [0.3, 0.4) is 0 Å². The van der Waals surface area contributed by atoms with Gasteiger partial charge in [0.15, 0.2) is 28.8 Å². The molecule has 2 atom stereocenters. The van der Waals surface area contributed by atoms with Gasteiger partial charge in [0.25, 0.3) is 0 Å². The van der Waals surface area contributed by atoms with E-state index in [4.69, 9.17) is 18.7 Å². The van der Waals surface area contributed by atoms with Crippen LogP contribution in [0.4, 0.5) is 5.88 Å². The van der Waals surface area contributed by atoms with Gasteiger partial charge in [-0.15, -0.1) is 0 Å². The highest BCUT2D eigenvalue weighted by molar-refractivity contribution is 6.01. The van der Waals surface area contributed by atoms with Crippen molar-refractivity contribution >= 4 is 11.7 Å². The Bertz CT molecular complexity index is 1330. The standard InChI is InChI=1S/C27H28N2O6/c1-5-34-23-13-16(7-9-21(23)32-3)25-24-14(2)29-35-27(24)28-18-10-17(11-20(31)26(18)25)15-6-8-19(30)22(12-15)33-4/h6-9,12-13,17,25,28,30H,5,10-11H2,1-4H3. The average molecular weight is 477 g/mol. The predicted octanol–water partition coefficient (Wildman–Crippen LogP) is 5.06. The zero-order valence-electron chi connectivity index (χ0n) is 20.2. The summed E-state index contributed by atoms with van der Waals surface area (Å²) in [5.74, 6) is 1.93. The van der Waals surface area contributed by atoms with E-state index < -0.39 is 0 Å². The van der Waals surface area contributed by atoms with Crippen LogP contribution in [-0.2, 0) is 4.79 Å². The number of hydrogen-bond acceptors (Lipinski definition) is 8. The van der Waals surface area contributed by atoms with E-state index in [1.165, 1.54) is 7.11 Å². The molecule has 1 aliphatic heterocycles. The molecular weight excluding hydrogens is 448 g/mol. The van der Waals surface area contributed by atoms with Crippen molar-refractivity contribution in [1.82, 2.24) is 5.16 Å². The van der Waals surface area contributed by atoms with Gasteiger partial charge in [-0.2, -0.15) is 0 Å². The molecule has 1 aliphatic carbocycles. The highest BCUT2D eigenvalue weighted by Gasteiger charge is 2.41. The van der Waals surface area contributed by atoms with Gasteiger partial charge in [-0.1, -0.05) is 17.3 Å². The summed E-state index contributed by atoms with van der Waals surface area (Å²) in [4.78, 5) is 13.7. The summed E-state index contributed by atoms with van der Waals surface area (Å²) in [5.41, 5.74) is 4.97. The molecule has 0 saturated heterocycles. The van der Waals surface area contributed by atoms with Gasteiger partial charge in [0.05, 0.1) is 32.1 Å². The molecule has 8 heteroatoms. The summed E-state index contributed by atoms with van der Waals surface area (Å²) in [5, 5.41) is 17.5. The van der Waals surface area contributed by atoms with Crippen LogP contribution in [0.25, 0.3) is 0 Å². The number of anilines is 1. The maximum absolute atomic E-state index is 13.7. The fraction of sp³-hybridized carbons (Fsp3) is 0.333. The summed E-state index contributed by atoms with van der Waals surface area (Å²) in [6.45, 7) is 4.30.